The van der Waals surface area contributed by atoms with Gasteiger partial charge in [-0.05, 0) is 56.5 Å². The number of benzene rings is 1. The van der Waals surface area contributed by atoms with Crippen LogP contribution < -0.4 is 5.32 Å². The molecule has 0 bridgehead atoms. The number of nitrogens with zero attached hydrogens (tertiary/aromatic N) is 1. The molecule has 0 spiro atoms. The van der Waals surface area contributed by atoms with Crippen LogP contribution in [0.2, 0.25) is 0 Å². The minimum Gasteiger partial charge on any atom is -0.313 e. The van der Waals surface area contributed by atoms with Crippen molar-refractivity contribution in [2.45, 2.75) is 37.8 Å². The number of fused-ring (bicyclic) bond motifs is 1. The van der Waals surface area contributed by atoms with E-state index in [1.807, 2.05) is 6.07 Å². The third-order valence-corrected chi connectivity index (χ3v) is 4.38. The molecule has 3 heteroatoms. The molecule has 1 aromatic carbocycles. The molecule has 3 rings (SSSR count). The molecule has 1 saturated heterocycles. The first-order chi connectivity index (χ1) is 8.75. The minimum absolute atomic E-state index is 0.0256. The van der Waals surface area contributed by atoms with Crippen molar-refractivity contribution in [2.75, 3.05) is 20.1 Å². The Morgan fingerprint density at radius 2 is 2.28 bits per heavy atom. The molecule has 2 unspecified atom stereocenters. The molecular weight excluding hydrogens is 227 g/mol. The van der Waals surface area contributed by atoms with Gasteiger partial charge < -0.3 is 5.32 Å². The number of halogens is 1. The smallest absolute Gasteiger partial charge is 0.126 e. The predicted octanol–water partition coefficient (Wildman–Crippen LogP) is 2.50. The fraction of sp³-hybridized carbons (Fsp3) is 0.600. The summed E-state index contributed by atoms with van der Waals surface area (Å²) in [5.74, 6) is -0.0256. The summed E-state index contributed by atoms with van der Waals surface area (Å²) in [7, 11) is 2.17. The van der Waals surface area contributed by atoms with Gasteiger partial charge in [0.1, 0.15) is 5.82 Å². The van der Waals surface area contributed by atoms with E-state index in [1.165, 1.54) is 18.4 Å². The van der Waals surface area contributed by atoms with Gasteiger partial charge in [0, 0.05) is 18.6 Å². The van der Waals surface area contributed by atoms with Crippen molar-refractivity contribution in [1.29, 1.82) is 0 Å². The number of nitrogens with one attached hydrogen (secondary N) is 1. The van der Waals surface area contributed by atoms with Gasteiger partial charge in [-0.3, -0.25) is 4.90 Å². The second-order valence-electron chi connectivity index (χ2n) is 5.59. The van der Waals surface area contributed by atoms with Crippen LogP contribution in [-0.4, -0.2) is 31.1 Å². The van der Waals surface area contributed by atoms with E-state index in [0.29, 0.717) is 12.1 Å². The Kier molecular flexibility index (Phi) is 3.35. The van der Waals surface area contributed by atoms with Crippen LogP contribution in [-0.2, 0) is 6.42 Å². The third-order valence-electron chi connectivity index (χ3n) is 4.38. The highest BCUT2D eigenvalue weighted by molar-refractivity contribution is 5.35. The molecule has 1 aliphatic carbocycles. The molecule has 2 atom stereocenters. The largest absolute Gasteiger partial charge is 0.313 e. The maximum absolute atomic E-state index is 13.7. The highest BCUT2D eigenvalue weighted by atomic mass is 19.1. The average Bonchev–Trinajstić information content (AvgIpc) is 2.98. The lowest BCUT2D eigenvalue weighted by Gasteiger charge is -2.28. The number of rotatable bonds is 3. The molecule has 1 fully saturated rings. The van der Waals surface area contributed by atoms with E-state index in [1.54, 1.807) is 6.07 Å². The van der Waals surface area contributed by atoms with Gasteiger partial charge in [-0.2, -0.15) is 0 Å². The van der Waals surface area contributed by atoms with E-state index in [4.69, 9.17) is 0 Å². The van der Waals surface area contributed by atoms with Crippen molar-refractivity contribution < 1.29 is 4.39 Å². The number of hydrogen-bond acceptors (Lipinski definition) is 2. The Labute approximate surface area is 108 Å². The predicted molar refractivity (Wildman–Crippen MR) is 71.1 cm³/mol. The van der Waals surface area contributed by atoms with Gasteiger partial charge >= 0.3 is 0 Å². The van der Waals surface area contributed by atoms with Crippen LogP contribution in [0, 0.1) is 5.82 Å². The SMILES string of the molecule is CN(CC1CCCN1)C1CCc2c(F)cccc21. The Morgan fingerprint density at radius 3 is 3.06 bits per heavy atom. The third kappa shape index (κ3) is 2.17. The first kappa shape index (κ1) is 12.1. The van der Waals surface area contributed by atoms with Gasteiger partial charge in [-0.15, -0.1) is 0 Å². The molecule has 18 heavy (non-hydrogen) atoms. The van der Waals surface area contributed by atoms with Gasteiger partial charge in [-0.1, -0.05) is 12.1 Å². The van der Waals surface area contributed by atoms with Crippen LogP contribution in [0.5, 0.6) is 0 Å². The normalized spacial score (nSPS) is 26.8. The second kappa shape index (κ2) is 4.98. The summed E-state index contributed by atoms with van der Waals surface area (Å²) in [4.78, 5) is 2.40. The lowest BCUT2D eigenvalue weighted by molar-refractivity contribution is 0.223. The van der Waals surface area contributed by atoms with Crippen LogP contribution in [0.4, 0.5) is 4.39 Å². The fourth-order valence-electron chi connectivity index (χ4n) is 3.43. The first-order valence-electron chi connectivity index (χ1n) is 6.96. The topological polar surface area (TPSA) is 15.3 Å². The maximum Gasteiger partial charge on any atom is 0.126 e. The van der Waals surface area contributed by atoms with Crippen molar-refractivity contribution in [3.63, 3.8) is 0 Å². The van der Waals surface area contributed by atoms with E-state index in [9.17, 15) is 4.39 Å². The van der Waals surface area contributed by atoms with Crippen molar-refractivity contribution in [1.82, 2.24) is 10.2 Å². The van der Waals surface area contributed by atoms with E-state index in [2.05, 4.69) is 23.3 Å². The molecule has 0 amide bonds. The van der Waals surface area contributed by atoms with Crippen LogP contribution in [0.3, 0.4) is 0 Å². The Balaban J connectivity index is 1.73. The van der Waals surface area contributed by atoms with Crippen molar-refractivity contribution in [2.24, 2.45) is 0 Å². The fourth-order valence-corrected chi connectivity index (χ4v) is 3.43. The lowest BCUT2D eigenvalue weighted by atomic mass is 10.1. The molecule has 1 N–H and O–H groups in total. The molecule has 0 aromatic heterocycles. The summed E-state index contributed by atoms with van der Waals surface area (Å²) in [6, 6.07) is 6.54. The Bertz CT molecular complexity index is 427. The van der Waals surface area contributed by atoms with Gasteiger partial charge in [0.15, 0.2) is 0 Å². The number of likely N-dealkylation sites (N-methyl/N-ethyl adjacent to an activating group) is 1. The molecular formula is C15H21FN2. The average molecular weight is 248 g/mol. The molecule has 2 aliphatic rings. The summed E-state index contributed by atoms with van der Waals surface area (Å²) in [6.45, 7) is 2.22. The van der Waals surface area contributed by atoms with Gasteiger partial charge in [0.25, 0.3) is 0 Å². The molecule has 1 aromatic rings. The van der Waals surface area contributed by atoms with Crippen LogP contribution >= 0.6 is 0 Å². The molecule has 98 valence electrons. The summed E-state index contributed by atoms with van der Waals surface area (Å²) >= 11 is 0. The summed E-state index contributed by atoms with van der Waals surface area (Å²) in [5.41, 5.74) is 2.14. The maximum atomic E-state index is 13.7. The van der Waals surface area contributed by atoms with Gasteiger partial charge in [0.2, 0.25) is 0 Å². The van der Waals surface area contributed by atoms with Gasteiger partial charge in [-0.25, -0.2) is 4.39 Å². The minimum atomic E-state index is -0.0256. The van der Waals surface area contributed by atoms with E-state index >= 15 is 0 Å². The molecule has 0 saturated carbocycles. The molecule has 1 heterocycles. The second-order valence-corrected chi connectivity index (χ2v) is 5.59. The summed E-state index contributed by atoms with van der Waals surface area (Å²) in [5, 5.41) is 3.53. The summed E-state index contributed by atoms with van der Waals surface area (Å²) < 4.78 is 13.7. The van der Waals surface area contributed by atoms with Crippen LogP contribution in [0.15, 0.2) is 18.2 Å². The highest BCUT2D eigenvalue weighted by Gasteiger charge is 2.29. The molecule has 0 radical (unpaired) electrons. The van der Waals surface area contributed by atoms with Crippen LogP contribution in [0.1, 0.15) is 36.4 Å². The van der Waals surface area contributed by atoms with E-state index in [0.717, 1.165) is 31.5 Å². The van der Waals surface area contributed by atoms with Crippen molar-refractivity contribution >= 4 is 0 Å². The quantitative estimate of drug-likeness (QED) is 0.884. The van der Waals surface area contributed by atoms with Crippen molar-refractivity contribution in [3.8, 4) is 0 Å². The number of hydrogen-bond donors (Lipinski definition) is 1. The zero-order chi connectivity index (χ0) is 12.5. The van der Waals surface area contributed by atoms with E-state index < -0.39 is 0 Å². The standard InChI is InChI=1S/C15H21FN2/c1-18(10-11-4-3-9-17-11)15-8-7-12-13(15)5-2-6-14(12)16/h2,5-6,11,15,17H,3-4,7-10H2,1H3. The molecule has 1 aliphatic heterocycles. The Hall–Kier alpha value is -0.930. The monoisotopic (exact) mass is 248 g/mol. The lowest BCUT2D eigenvalue weighted by Crippen LogP contribution is -2.36. The highest BCUT2D eigenvalue weighted by Crippen LogP contribution is 2.36. The van der Waals surface area contributed by atoms with Crippen LogP contribution in [0.25, 0.3) is 0 Å². The van der Waals surface area contributed by atoms with E-state index in [-0.39, 0.29) is 5.82 Å². The van der Waals surface area contributed by atoms with Gasteiger partial charge in [0.05, 0.1) is 0 Å². The van der Waals surface area contributed by atoms with Crippen molar-refractivity contribution in [3.05, 3.63) is 35.1 Å². The molecule has 2 nitrogen and oxygen atoms in total. The zero-order valence-corrected chi connectivity index (χ0v) is 11.0. The zero-order valence-electron chi connectivity index (χ0n) is 11.0. The Morgan fingerprint density at radius 1 is 1.39 bits per heavy atom. The summed E-state index contributed by atoms with van der Waals surface area (Å²) in [6.07, 6.45) is 4.50. The first-order valence-corrected chi connectivity index (χ1v) is 6.96.